The van der Waals surface area contributed by atoms with Gasteiger partial charge in [-0.05, 0) is 24.8 Å². The molecule has 4 heteroatoms. The molecule has 0 spiro atoms. The van der Waals surface area contributed by atoms with E-state index in [1.807, 2.05) is 44.8 Å². The molecule has 1 unspecified atom stereocenters. The van der Waals surface area contributed by atoms with Crippen LogP contribution in [-0.4, -0.2) is 29.3 Å². The third-order valence-corrected chi connectivity index (χ3v) is 3.19. The van der Waals surface area contributed by atoms with E-state index in [0.29, 0.717) is 18.9 Å². The van der Waals surface area contributed by atoms with Crippen LogP contribution >= 0.6 is 0 Å². The van der Waals surface area contributed by atoms with Crippen LogP contribution in [0.3, 0.4) is 0 Å². The highest BCUT2D eigenvalue weighted by Gasteiger charge is 2.13. The standard InChI is InChI=1S/C15H20N2O2.2C2H6/c1-12(18)8-13-4-3-5-14(9-13)15-10-16-17(11-15)6-7-19-2;2*1-2/h3,5,9-11,13H,4,6-8H2,1-2H3;2*1-2H3. The van der Waals surface area contributed by atoms with Crippen molar-refractivity contribution in [2.45, 2.75) is 54.0 Å². The Morgan fingerprint density at radius 1 is 1.35 bits per heavy atom. The Bertz CT molecular complexity index is 501. The van der Waals surface area contributed by atoms with Crippen molar-refractivity contribution < 1.29 is 9.53 Å². The van der Waals surface area contributed by atoms with E-state index in [1.54, 1.807) is 14.0 Å². The zero-order chi connectivity index (χ0) is 17.7. The minimum Gasteiger partial charge on any atom is -0.383 e. The van der Waals surface area contributed by atoms with Crippen molar-refractivity contribution in [2.24, 2.45) is 5.92 Å². The summed E-state index contributed by atoms with van der Waals surface area (Å²) < 4.78 is 6.91. The van der Waals surface area contributed by atoms with Crippen molar-refractivity contribution >= 4 is 11.4 Å². The van der Waals surface area contributed by atoms with Crippen LogP contribution in [0.2, 0.25) is 0 Å². The van der Waals surface area contributed by atoms with Gasteiger partial charge in [-0.1, -0.05) is 45.9 Å². The molecular weight excluding hydrogens is 288 g/mol. The fraction of sp³-hybridized carbons (Fsp3) is 0.579. The zero-order valence-electron chi connectivity index (χ0n) is 15.5. The first kappa shape index (κ1) is 21.3. The number of Topliss-reactive ketones (excluding diaryl/α,β-unsaturated/α-hetero) is 1. The van der Waals surface area contributed by atoms with Crippen LogP contribution in [0, 0.1) is 5.92 Å². The van der Waals surface area contributed by atoms with Crippen molar-refractivity contribution in [3.63, 3.8) is 0 Å². The number of rotatable bonds is 6. The lowest BCUT2D eigenvalue weighted by molar-refractivity contribution is -0.117. The van der Waals surface area contributed by atoms with Crippen LogP contribution in [0.15, 0.2) is 30.6 Å². The van der Waals surface area contributed by atoms with Crippen molar-refractivity contribution in [1.82, 2.24) is 9.78 Å². The molecule has 1 aliphatic carbocycles. The number of hydrogen-bond donors (Lipinski definition) is 0. The molecule has 0 fully saturated rings. The number of aromatic nitrogens is 2. The first-order chi connectivity index (χ1) is 11.2. The molecular formula is C19H32N2O2. The van der Waals surface area contributed by atoms with Crippen LogP contribution in [0.5, 0.6) is 0 Å². The summed E-state index contributed by atoms with van der Waals surface area (Å²) in [6, 6.07) is 0. The monoisotopic (exact) mass is 320 g/mol. The highest BCUT2D eigenvalue weighted by Crippen LogP contribution is 2.26. The van der Waals surface area contributed by atoms with Crippen molar-refractivity contribution in [3.8, 4) is 0 Å². The topological polar surface area (TPSA) is 44.1 Å². The summed E-state index contributed by atoms with van der Waals surface area (Å²) in [4.78, 5) is 11.2. The summed E-state index contributed by atoms with van der Waals surface area (Å²) in [5.41, 5.74) is 2.25. The van der Waals surface area contributed by atoms with E-state index in [4.69, 9.17) is 4.74 Å². The van der Waals surface area contributed by atoms with Gasteiger partial charge in [0.25, 0.3) is 0 Å². The van der Waals surface area contributed by atoms with Gasteiger partial charge in [0.1, 0.15) is 5.78 Å². The van der Waals surface area contributed by atoms with E-state index in [0.717, 1.165) is 24.1 Å². The van der Waals surface area contributed by atoms with E-state index >= 15 is 0 Å². The summed E-state index contributed by atoms with van der Waals surface area (Å²) in [5, 5.41) is 4.31. The Kier molecular flexibility index (Phi) is 11.9. The Hall–Kier alpha value is -1.68. The molecule has 1 atom stereocenters. The molecule has 130 valence electrons. The summed E-state index contributed by atoms with van der Waals surface area (Å²) in [6.45, 7) is 11.1. The number of hydrogen-bond acceptors (Lipinski definition) is 3. The van der Waals surface area contributed by atoms with E-state index in [2.05, 4.69) is 23.3 Å². The van der Waals surface area contributed by atoms with Gasteiger partial charge < -0.3 is 9.53 Å². The second-order valence-corrected chi connectivity index (χ2v) is 4.91. The van der Waals surface area contributed by atoms with Gasteiger partial charge in [0.2, 0.25) is 0 Å². The van der Waals surface area contributed by atoms with Gasteiger partial charge in [0.05, 0.1) is 19.3 Å². The van der Waals surface area contributed by atoms with E-state index in [-0.39, 0.29) is 5.78 Å². The van der Waals surface area contributed by atoms with Crippen molar-refractivity contribution in [1.29, 1.82) is 0 Å². The number of ketones is 1. The first-order valence-electron chi connectivity index (χ1n) is 8.58. The van der Waals surface area contributed by atoms with Gasteiger partial charge >= 0.3 is 0 Å². The number of methoxy groups -OCH3 is 1. The normalized spacial score (nSPS) is 15.7. The maximum atomic E-state index is 11.2. The number of carbonyl (C=O) groups is 1. The number of nitrogens with zero attached hydrogens (tertiary/aromatic N) is 2. The van der Waals surface area contributed by atoms with E-state index < -0.39 is 0 Å². The lowest BCUT2D eigenvalue weighted by Crippen LogP contribution is -2.05. The molecule has 1 heterocycles. The molecule has 0 saturated carbocycles. The molecule has 23 heavy (non-hydrogen) atoms. The molecule has 1 aliphatic rings. The van der Waals surface area contributed by atoms with Crippen LogP contribution in [0.1, 0.15) is 53.0 Å². The molecule has 0 aliphatic heterocycles. The quantitative estimate of drug-likeness (QED) is 0.774. The molecule has 0 radical (unpaired) electrons. The maximum absolute atomic E-state index is 11.2. The molecule has 0 saturated heterocycles. The van der Waals surface area contributed by atoms with Crippen LogP contribution in [-0.2, 0) is 16.1 Å². The largest absolute Gasteiger partial charge is 0.383 e. The molecule has 1 aromatic rings. The Balaban J connectivity index is 0.00000112. The lowest BCUT2D eigenvalue weighted by atomic mass is 9.90. The summed E-state index contributed by atoms with van der Waals surface area (Å²) in [7, 11) is 1.68. The average molecular weight is 320 g/mol. The smallest absolute Gasteiger partial charge is 0.130 e. The number of allylic oxidation sites excluding steroid dienone is 4. The van der Waals surface area contributed by atoms with Crippen molar-refractivity contribution in [2.75, 3.05) is 13.7 Å². The van der Waals surface area contributed by atoms with Gasteiger partial charge in [0, 0.05) is 25.3 Å². The van der Waals surface area contributed by atoms with Gasteiger partial charge in [-0.3, -0.25) is 4.68 Å². The second kappa shape index (κ2) is 12.8. The zero-order valence-corrected chi connectivity index (χ0v) is 15.5. The number of ether oxygens (including phenoxy) is 1. The minimum absolute atomic E-state index is 0.242. The first-order valence-corrected chi connectivity index (χ1v) is 8.58. The van der Waals surface area contributed by atoms with Gasteiger partial charge in [-0.25, -0.2) is 0 Å². The van der Waals surface area contributed by atoms with Gasteiger partial charge in [0.15, 0.2) is 0 Å². The summed E-state index contributed by atoms with van der Waals surface area (Å²) in [5.74, 6) is 0.562. The van der Waals surface area contributed by atoms with Crippen LogP contribution in [0.25, 0.3) is 5.57 Å². The molecule has 0 bridgehead atoms. The van der Waals surface area contributed by atoms with Gasteiger partial charge in [-0.15, -0.1) is 0 Å². The molecule has 2 rings (SSSR count). The van der Waals surface area contributed by atoms with E-state index in [1.165, 1.54) is 0 Å². The second-order valence-electron chi connectivity index (χ2n) is 4.91. The van der Waals surface area contributed by atoms with Crippen molar-refractivity contribution in [3.05, 3.63) is 36.2 Å². The fourth-order valence-corrected chi connectivity index (χ4v) is 2.27. The molecule has 1 aromatic heterocycles. The van der Waals surface area contributed by atoms with E-state index in [9.17, 15) is 4.79 Å². The Labute approximate surface area is 141 Å². The van der Waals surface area contributed by atoms with Crippen LogP contribution < -0.4 is 0 Å². The SMILES string of the molecule is CC.CC.COCCn1cc(C2=CC(CC(C)=O)CC=C2)cn1. The molecule has 0 aromatic carbocycles. The lowest BCUT2D eigenvalue weighted by Gasteiger charge is -2.14. The van der Waals surface area contributed by atoms with Gasteiger partial charge in [-0.2, -0.15) is 5.10 Å². The predicted molar refractivity (Wildman–Crippen MR) is 97.3 cm³/mol. The summed E-state index contributed by atoms with van der Waals surface area (Å²) in [6.07, 6.45) is 11.9. The number of carbonyl (C=O) groups excluding carboxylic acids is 1. The Morgan fingerprint density at radius 3 is 2.65 bits per heavy atom. The highest BCUT2D eigenvalue weighted by molar-refractivity contribution is 5.78. The third kappa shape index (κ3) is 7.93. The third-order valence-electron chi connectivity index (χ3n) is 3.19. The fourth-order valence-electron chi connectivity index (χ4n) is 2.27. The van der Waals surface area contributed by atoms with Crippen LogP contribution in [0.4, 0.5) is 0 Å². The maximum Gasteiger partial charge on any atom is 0.130 e. The summed E-state index contributed by atoms with van der Waals surface area (Å²) >= 11 is 0. The molecule has 0 amide bonds. The predicted octanol–water partition coefficient (Wildman–Crippen LogP) is 4.52. The highest BCUT2D eigenvalue weighted by atomic mass is 16.5. The average Bonchev–Trinajstić information content (AvgIpc) is 3.05. The minimum atomic E-state index is 0.242. The molecule has 0 N–H and O–H groups in total. The Morgan fingerprint density at radius 2 is 2.04 bits per heavy atom. The molecule has 4 nitrogen and oxygen atoms in total.